The molecule has 0 aromatic heterocycles. The van der Waals surface area contributed by atoms with E-state index in [-0.39, 0.29) is 5.97 Å². The fourth-order valence-electron chi connectivity index (χ4n) is 2.25. The van der Waals surface area contributed by atoms with Crippen LogP contribution in [0, 0.1) is 13.8 Å². The molecule has 0 fully saturated rings. The Balaban J connectivity index is 2.44. The molecule has 0 aliphatic heterocycles. The smallest absolute Gasteiger partial charge is 0.331 e. The number of carbonyl (C=O) groups is 1. The molecular weight excluding hydrogens is 284 g/mol. The van der Waals surface area contributed by atoms with Gasteiger partial charge in [0.1, 0.15) is 5.60 Å². The van der Waals surface area contributed by atoms with E-state index in [1.54, 1.807) is 6.08 Å². The summed E-state index contributed by atoms with van der Waals surface area (Å²) in [6.45, 7) is 9.71. The predicted octanol–water partition coefficient (Wildman–Crippen LogP) is 5.08. The van der Waals surface area contributed by atoms with Crippen molar-refractivity contribution in [1.82, 2.24) is 0 Å². The second-order valence-electron chi connectivity index (χ2n) is 6.82. The summed E-state index contributed by atoms with van der Waals surface area (Å²) in [5.74, 6) is -0.325. The lowest BCUT2D eigenvalue weighted by atomic mass is 9.96. The summed E-state index contributed by atoms with van der Waals surface area (Å²) in [4.78, 5) is 12.3. The van der Waals surface area contributed by atoms with Crippen molar-refractivity contribution in [3.8, 4) is 0 Å². The summed E-state index contributed by atoms with van der Waals surface area (Å²) in [5, 5.41) is 0. The van der Waals surface area contributed by atoms with Crippen LogP contribution in [0.1, 0.15) is 43.0 Å². The Morgan fingerprint density at radius 3 is 1.57 bits per heavy atom. The molecule has 120 valence electrons. The van der Waals surface area contributed by atoms with Gasteiger partial charge in [0, 0.05) is 6.08 Å². The topological polar surface area (TPSA) is 26.3 Å². The van der Waals surface area contributed by atoms with E-state index in [1.807, 2.05) is 83.1 Å². The van der Waals surface area contributed by atoms with Crippen LogP contribution in [0.5, 0.6) is 0 Å². The molecule has 0 atom stereocenters. The lowest BCUT2D eigenvalue weighted by Crippen LogP contribution is -2.22. The molecule has 2 nitrogen and oxygen atoms in total. The first kappa shape index (κ1) is 17.0. The summed E-state index contributed by atoms with van der Waals surface area (Å²) in [6.07, 6.45) is 1.58. The quantitative estimate of drug-likeness (QED) is 0.584. The van der Waals surface area contributed by atoms with Crippen molar-refractivity contribution in [3.63, 3.8) is 0 Å². The van der Waals surface area contributed by atoms with Gasteiger partial charge in [-0.3, -0.25) is 0 Å². The Labute approximate surface area is 138 Å². The highest BCUT2D eigenvalue weighted by atomic mass is 16.6. The van der Waals surface area contributed by atoms with Crippen LogP contribution in [0.4, 0.5) is 0 Å². The molecule has 23 heavy (non-hydrogen) atoms. The fourth-order valence-corrected chi connectivity index (χ4v) is 2.25. The zero-order chi connectivity index (χ0) is 17.0. The monoisotopic (exact) mass is 308 g/mol. The summed E-state index contributed by atoms with van der Waals surface area (Å²) >= 11 is 0. The molecule has 0 unspecified atom stereocenters. The van der Waals surface area contributed by atoms with Gasteiger partial charge in [-0.15, -0.1) is 0 Å². The van der Waals surface area contributed by atoms with E-state index >= 15 is 0 Å². The van der Waals surface area contributed by atoms with Crippen LogP contribution < -0.4 is 0 Å². The number of aryl methyl sites for hydroxylation is 2. The minimum atomic E-state index is -0.501. The highest BCUT2D eigenvalue weighted by molar-refractivity contribution is 5.96. The average molecular weight is 308 g/mol. The van der Waals surface area contributed by atoms with Crippen LogP contribution in [-0.2, 0) is 9.53 Å². The van der Waals surface area contributed by atoms with Gasteiger partial charge in [-0.2, -0.15) is 0 Å². The summed E-state index contributed by atoms with van der Waals surface area (Å²) in [7, 11) is 0. The van der Waals surface area contributed by atoms with E-state index in [4.69, 9.17) is 4.74 Å². The van der Waals surface area contributed by atoms with Gasteiger partial charge in [0.2, 0.25) is 0 Å². The SMILES string of the molecule is Cc1ccc(C(=CC(=O)OC(C)(C)C)c2ccc(C)cc2)cc1. The Morgan fingerprint density at radius 2 is 1.22 bits per heavy atom. The molecule has 2 aromatic rings. The summed E-state index contributed by atoms with van der Waals surface area (Å²) in [6, 6.07) is 16.3. The van der Waals surface area contributed by atoms with E-state index in [0.717, 1.165) is 16.7 Å². The van der Waals surface area contributed by atoms with Crippen molar-refractivity contribution < 1.29 is 9.53 Å². The molecule has 0 bridgehead atoms. The molecule has 2 rings (SSSR count). The van der Waals surface area contributed by atoms with Crippen molar-refractivity contribution in [2.75, 3.05) is 0 Å². The number of rotatable bonds is 3. The molecule has 2 aromatic carbocycles. The van der Waals surface area contributed by atoms with Crippen molar-refractivity contribution in [1.29, 1.82) is 0 Å². The van der Waals surface area contributed by atoms with Gasteiger partial charge in [0.15, 0.2) is 0 Å². The zero-order valence-corrected chi connectivity index (χ0v) is 14.5. The van der Waals surface area contributed by atoms with E-state index in [9.17, 15) is 4.79 Å². The van der Waals surface area contributed by atoms with Crippen LogP contribution in [0.2, 0.25) is 0 Å². The highest BCUT2D eigenvalue weighted by Crippen LogP contribution is 2.25. The third kappa shape index (κ3) is 5.10. The van der Waals surface area contributed by atoms with Gasteiger partial charge >= 0.3 is 5.97 Å². The average Bonchev–Trinajstić information content (AvgIpc) is 2.45. The van der Waals surface area contributed by atoms with Crippen molar-refractivity contribution in [2.45, 2.75) is 40.2 Å². The molecular formula is C21H24O2. The number of carbonyl (C=O) groups excluding carboxylic acids is 1. The van der Waals surface area contributed by atoms with Crippen LogP contribution >= 0.6 is 0 Å². The maximum absolute atomic E-state index is 12.3. The van der Waals surface area contributed by atoms with E-state index in [2.05, 4.69) is 0 Å². The van der Waals surface area contributed by atoms with E-state index < -0.39 is 5.60 Å². The van der Waals surface area contributed by atoms with Gasteiger partial charge in [-0.25, -0.2) is 4.79 Å². The van der Waals surface area contributed by atoms with Gasteiger partial charge in [0.25, 0.3) is 0 Å². The van der Waals surface area contributed by atoms with E-state index in [1.165, 1.54) is 11.1 Å². The minimum Gasteiger partial charge on any atom is -0.457 e. The van der Waals surface area contributed by atoms with Gasteiger partial charge in [-0.1, -0.05) is 59.7 Å². The number of benzene rings is 2. The summed E-state index contributed by atoms with van der Waals surface area (Å²) < 4.78 is 5.44. The van der Waals surface area contributed by atoms with Crippen molar-refractivity contribution in [3.05, 3.63) is 76.9 Å². The van der Waals surface area contributed by atoms with Crippen LogP contribution in [-0.4, -0.2) is 11.6 Å². The lowest BCUT2D eigenvalue weighted by Gasteiger charge is -2.19. The number of esters is 1. The second kappa shape index (κ2) is 6.82. The van der Waals surface area contributed by atoms with Crippen LogP contribution in [0.15, 0.2) is 54.6 Å². The first-order valence-electron chi connectivity index (χ1n) is 7.83. The molecule has 0 saturated heterocycles. The molecule has 0 amide bonds. The molecule has 0 aliphatic carbocycles. The zero-order valence-electron chi connectivity index (χ0n) is 14.5. The molecule has 0 radical (unpaired) electrons. The maximum Gasteiger partial charge on any atom is 0.331 e. The predicted molar refractivity (Wildman–Crippen MR) is 95.3 cm³/mol. The maximum atomic E-state index is 12.3. The largest absolute Gasteiger partial charge is 0.457 e. The Bertz CT molecular complexity index is 652. The molecule has 0 heterocycles. The third-order valence-electron chi connectivity index (χ3n) is 3.39. The van der Waals surface area contributed by atoms with Gasteiger partial charge in [0.05, 0.1) is 0 Å². The lowest BCUT2D eigenvalue weighted by molar-refractivity contribution is -0.148. The van der Waals surface area contributed by atoms with Gasteiger partial charge in [-0.05, 0) is 51.3 Å². The number of ether oxygens (including phenoxy) is 1. The Kier molecular flexibility index (Phi) is 5.05. The molecule has 0 spiro atoms. The third-order valence-corrected chi connectivity index (χ3v) is 3.39. The highest BCUT2D eigenvalue weighted by Gasteiger charge is 2.16. The number of hydrogen-bond acceptors (Lipinski definition) is 2. The standard InChI is InChI=1S/C21H24O2/c1-15-6-10-17(11-7-15)19(14-20(22)23-21(3,4)5)18-12-8-16(2)9-13-18/h6-14H,1-5H3. The fraction of sp³-hybridized carbons (Fsp3) is 0.286. The van der Waals surface area contributed by atoms with Crippen LogP contribution in [0.25, 0.3) is 5.57 Å². The van der Waals surface area contributed by atoms with Crippen LogP contribution in [0.3, 0.4) is 0 Å². The molecule has 0 aliphatic rings. The second-order valence-corrected chi connectivity index (χ2v) is 6.82. The Morgan fingerprint density at radius 1 is 0.826 bits per heavy atom. The van der Waals surface area contributed by atoms with Crippen molar-refractivity contribution >= 4 is 11.5 Å². The first-order chi connectivity index (χ1) is 10.7. The van der Waals surface area contributed by atoms with E-state index in [0.29, 0.717) is 0 Å². The first-order valence-corrected chi connectivity index (χ1v) is 7.83. The molecule has 0 saturated carbocycles. The van der Waals surface area contributed by atoms with Gasteiger partial charge < -0.3 is 4.74 Å². The molecule has 0 N–H and O–H groups in total. The molecule has 2 heteroatoms. The minimum absolute atomic E-state index is 0.325. The number of hydrogen-bond donors (Lipinski definition) is 0. The van der Waals surface area contributed by atoms with Crippen molar-refractivity contribution in [2.24, 2.45) is 0 Å². The normalized spacial score (nSPS) is 11.0. The Hall–Kier alpha value is -2.35. The summed E-state index contributed by atoms with van der Waals surface area (Å²) in [5.41, 5.74) is 4.76.